The molecule has 0 spiro atoms. The first-order valence-electron chi connectivity index (χ1n) is 5.73. The maximum Gasteiger partial charge on any atom is 0.265 e. The largest absolute Gasteiger partial charge is 0.497 e. The second-order valence-corrected chi connectivity index (χ2v) is 5.15. The van der Waals surface area contributed by atoms with E-state index in [0.29, 0.717) is 11.1 Å². The molecule has 0 amide bonds. The van der Waals surface area contributed by atoms with Gasteiger partial charge in [0.25, 0.3) is 8.03 Å². The van der Waals surface area contributed by atoms with Crippen LogP contribution in [-0.4, -0.2) is 14.2 Å². The quantitative estimate of drug-likeness (QED) is 0.789. The highest BCUT2D eigenvalue weighted by molar-refractivity contribution is 7.48. The summed E-state index contributed by atoms with van der Waals surface area (Å²) < 4.78 is 27.6. The van der Waals surface area contributed by atoms with E-state index in [4.69, 9.17) is 14.0 Å². The summed E-state index contributed by atoms with van der Waals surface area (Å²) in [6, 6.07) is 14.0. The Bertz CT molecular complexity index is 549. The molecular formula is C14H15O4P. The van der Waals surface area contributed by atoms with Crippen LogP contribution in [0.2, 0.25) is 0 Å². The first-order valence-corrected chi connectivity index (χ1v) is 7.05. The van der Waals surface area contributed by atoms with Gasteiger partial charge in [0.2, 0.25) is 0 Å². The van der Waals surface area contributed by atoms with E-state index in [1.807, 2.05) is 0 Å². The summed E-state index contributed by atoms with van der Waals surface area (Å²) in [5, 5.41) is 0.654. The number of hydrogen-bond donors (Lipinski definition) is 0. The van der Waals surface area contributed by atoms with Gasteiger partial charge in [-0.05, 0) is 48.5 Å². The molecule has 0 aliphatic heterocycles. The molecule has 2 rings (SSSR count). The SMILES string of the molecule is COc1ccc(O[PH](=O)c2ccc(OC)cc2)cc1. The van der Waals surface area contributed by atoms with Crippen molar-refractivity contribution in [3.05, 3.63) is 48.5 Å². The Hall–Kier alpha value is -1.93. The highest BCUT2D eigenvalue weighted by atomic mass is 31.1. The summed E-state index contributed by atoms with van der Waals surface area (Å²) in [5.41, 5.74) is 0. The van der Waals surface area contributed by atoms with Crippen LogP contribution >= 0.6 is 8.03 Å². The molecule has 0 bridgehead atoms. The van der Waals surface area contributed by atoms with E-state index in [1.165, 1.54) is 0 Å². The molecule has 5 heteroatoms. The maximum absolute atomic E-state index is 12.1. The highest BCUT2D eigenvalue weighted by Gasteiger charge is 2.06. The number of ether oxygens (including phenoxy) is 2. The Kier molecular flexibility index (Phi) is 4.48. The van der Waals surface area contributed by atoms with Gasteiger partial charge in [-0.25, -0.2) is 0 Å². The molecule has 1 unspecified atom stereocenters. The summed E-state index contributed by atoms with van der Waals surface area (Å²) in [7, 11) is 0.873. The van der Waals surface area contributed by atoms with Crippen LogP contribution in [0.5, 0.6) is 17.2 Å². The second kappa shape index (κ2) is 6.30. The van der Waals surface area contributed by atoms with Crippen LogP contribution in [0, 0.1) is 0 Å². The second-order valence-electron chi connectivity index (χ2n) is 3.79. The Balaban J connectivity index is 2.06. The van der Waals surface area contributed by atoms with E-state index in [1.54, 1.807) is 62.8 Å². The Morgan fingerprint density at radius 1 is 0.737 bits per heavy atom. The molecule has 0 aromatic heterocycles. The zero-order chi connectivity index (χ0) is 13.7. The van der Waals surface area contributed by atoms with E-state index >= 15 is 0 Å². The van der Waals surface area contributed by atoms with Crippen molar-refractivity contribution in [2.45, 2.75) is 0 Å². The maximum atomic E-state index is 12.1. The average Bonchev–Trinajstić information content (AvgIpc) is 2.48. The summed E-state index contributed by atoms with van der Waals surface area (Å²) in [5.74, 6) is 2.01. The molecule has 0 heterocycles. The lowest BCUT2D eigenvalue weighted by molar-refractivity contribution is 0.414. The molecule has 0 saturated carbocycles. The lowest BCUT2D eigenvalue weighted by Crippen LogP contribution is -1.99. The number of rotatable bonds is 5. The van der Waals surface area contributed by atoms with Crippen molar-refractivity contribution >= 4 is 13.3 Å². The van der Waals surface area contributed by atoms with E-state index in [0.717, 1.165) is 11.5 Å². The fourth-order valence-electron chi connectivity index (χ4n) is 1.54. The number of methoxy groups -OCH3 is 2. The average molecular weight is 278 g/mol. The highest BCUT2D eigenvalue weighted by Crippen LogP contribution is 2.28. The van der Waals surface area contributed by atoms with Crippen molar-refractivity contribution < 1.29 is 18.6 Å². The predicted octanol–water partition coefficient (Wildman–Crippen LogP) is 2.88. The van der Waals surface area contributed by atoms with Crippen LogP contribution in [0.15, 0.2) is 48.5 Å². The smallest absolute Gasteiger partial charge is 0.265 e. The van der Waals surface area contributed by atoms with Gasteiger partial charge in [0, 0.05) is 5.30 Å². The van der Waals surface area contributed by atoms with Crippen LogP contribution in [0.3, 0.4) is 0 Å². The summed E-state index contributed by atoms with van der Waals surface area (Å²) in [6.07, 6.45) is 0. The van der Waals surface area contributed by atoms with Gasteiger partial charge >= 0.3 is 0 Å². The van der Waals surface area contributed by atoms with E-state index in [2.05, 4.69) is 0 Å². The third-order valence-corrected chi connectivity index (χ3v) is 3.82. The molecular weight excluding hydrogens is 263 g/mol. The van der Waals surface area contributed by atoms with E-state index < -0.39 is 8.03 Å². The summed E-state index contributed by atoms with van der Waals surface area (Å²) in [6.45, 7) is 0. The van der Waals surface area contributed by atoms with E-state index in [-0.39, 0.29) is 0 Å². The van der Waals surface area contributed by atoms with Gasteiger partial charge in [-0.1, -0.05) is 0 Å². The predicted molar refractivity (Wildman–Crippen MR) is 75.3 cm³/mol. The van der Waals surface area contributed by atoms with Crippen molar-refractivity contribution in [3.8, 4) is 17.2 Å². The molecule has 100 valence electrons. The van der Waals surface area contributed by atoms with Gasteiger partial charge in [0.1, 0.15) is 17.2 Å². The minimum atomic E-state index is -2.31. The van der Waals surface area contributed by atoms with Crippen molar-refractivity contribution in [1.29, 1.82) is 0 Å². The summed E-state index contributed by atoms with van der Waals surface area (Å²) in [4.78, 5) is 0. The summed E-state index contributed by atoms with van der Waals surface area (Å²) >= 11 is 0. The van der Waals surface area contributed by atoms with Crippen molar-refractivity contribution in [2.24, 2.45) is 0 Å². The minimum Gasteiger partial charge on any atom is -0.497 e. The van der Waals surface area contributed by atoms with Crippen molar-refractivity contribution in [1.82, 2.24) is 0 Å². The zero-order valence-corrected chi connectivity index (χ0v) is 11.8. The van der Waals surface area contributed by atoms with Gasteiger partial charge in [0.05, 0.1) is 14.2 Å². The van der Waals surface area contributed by atoms with E-state index in [9.17, 15) is 4.57 Å². The standard InChI is InChI=1S/C14H15O4P/c1-16-11-3-5-13(6-4-11)18-19(15)14-9-7-12(17-2)8-10-14/h3-10,19H,1-2H3. The molecule has 2 aromatic rings. The fraction of sp³-hybridized carbons (Fsp3) is 0.143. The molecule has 0 aliphatic rings. The number of hydrogen-bond acceptors (Lipinski definition) is 4. The number of benzene rings is 2. The van der Waals surface area contributed by atoms with Crippen molar-refractivity contribution in [3.63, 3.8) is 0 Å². The topological polar surface area (TPSA) is 44.8 Å². The molecule has 0 aliphatic carbocycles. The van der Waals surface area contributed by atoms with Crippen LogP contribution in [-0.2, 0) is 4.57 Å². The van der Waals surface area contributed by atoms with Gasteiger partial charge in [-0.15, -0.1) is 0 Å². The first-order chi connectivity index (χ1) is 9.22. The van der Waals surface area contributed by atoms with Gasteiger partial charge in [-0.3, -0.25) is 4.57 Å². The molecule has 0 N–H and O–H groups in total. The molecule has 0 radical (unpaired) electrons. The Morgan fingerprint density at radius 2 is 1.16 bits per heavy atom. The zero-order valence-electron chi connectivity index (χ0n) is 10.8. The lowest BCUT2D eigenvalue weighted by Gasteiger charge is -2.07. The van der Waals surface area contributed by atoms with Gasteiger partial charge in [-0.2, -0.15) is 0 Å². The molecule has 19 heavy (non-hydrogen) atoms. The van der Waals surface area contributed by atoms with Crippen LogP contribution in [0.1, 0.15) is 0 Å². The monoisotopic (exact) mass is 278 g/mol. The van der Waals surface area contributed by atoms with Gasteiger partial charge < -0.3 is 14.0 Å². The Labute approximate surface area is 112 Å². The molecule has 4 nitrogen and oxygen atoms in total. The van der Waals surface area contributed by atoms with Crippen LogP contribution in [0.25, 0.3) is 0 Å². The fourth-order valence-corrected chi connectivity index (χ4v) is 2.44. The van der Waals surface area contributed by atoms with Gasteiger partial charge in [0.15, 0.2) is 0 Å². The van der Waals surface area contributed by atoms with Crippen LogP contribution < -0.4 is 19.3 Å². The normalized spacial score (nSPS) is 11.7. The molecule has 0 fully saturated rings. The molecule has 0 saturated heterocycles. The third-order valence-electron chi connectivity index (χ3n) is 2.60. The lowest BCUT2D eigenvalue weighted by atomic mass is 10.3. The molecule has 2 aromatic carbocycles. The van der Waals surface area contributed by atoms with Crippen molar-refractivity contribution in [2.75, 3.05) is 14.2 Å². The third kappa shape index (κ3) is 3.52. The van der Waals surface area contributed by atoms with Crippen LogP contribution in [0.4, 0.5) is 0 Å². The minimum absolute atomic E-state index is 0.556. The Morgan fingerprint density at radius 3 is 1.63 bits per heavy atom. The molecule has 1 atom stereocenters. The first kappa shape index (κ1) is 13.5.